The fourth-order valence-electron chi connectivity index (χ4n) is 3.96. The number of aryl methyl sites for hydroxylation is 1. The van der Waals surface area contributed by atoms with E-state index in [1.165, 1.54) is 11.2 Å². The maximum absolute atomic E-state index is 13.1. The van der Waals surface area contributed by atoms with Crippen molar-refractivity contribution in [3.8, 4) is 10.6 Å². The third kappa shape index (κ3) is 3.26. The summed E-state index contributed by atoms with van der Waals surface area (Å²) in [5, 5.41) is 7.82. The molecule has 0 radical (unpaired) electrons. The van der Waals surface area contributed by atoms with E-state index in [1.807, 2.05) is 17.0 Å². The van der Waals surface area contributed by atoms with Gasteiger partial charge in [0.2, 0.25) is 11.9 Å². The summed E-state index contributed by atoms with van der Waals surface area (Å²) in [4.78, 5) is 31.6. The second-order valence-corrected chi connectivity index (χ2v) is 8.27. The molecular formula is C19H21N7OS. The highest BCUT2D eigenvalue weighted by Gasteiger charge is 2.32. The number of aromatic nitrogens is 5. The highest BCUT2D eigenvalue weighted by molar-refractivity contribution is 7.15. The molecule has 1 aliphatic carbocycles. The Morgan fingerprint density at radius 2 is 2.00 bits per heavy atom. The van der Waals surface area contributed by atoms with Crippen molar-refractivity contribution in [3.05, 3.63) is 41.4 Å². The van der Waals surface area contributed by atoms with Gasteiger partial charge in [0, 0.05) is 61.4 Å². The fourth-order valence-corrected chi connectivity index (χ4v) is 5.07. The molecule has 28 heavy (non-hydrogen) atoms. The summed E-state index contributed by atoms with van der Waals surface area (Å²) in [5.74, 6) is 1.08. The molecule has 4 heterocycles. The minimum atomic E-state index is 0.0386. The first kappa shape index (κ1) is 17.3. The van der Waals surface area contributed by atoms with Gasteiger partial charge in [0.1, 0.15) is 11.3 Å². The number of nitrogens with one attached hydrogen (secondary N) is 1. The van der Waals surface area contributed by atoms with Gasteiger partial charge in [-0.15, -0.1) is 11.3 Å². The zero-order valence-electron chi connectivity index (χ0n) is 15.4. The van der Waals surface area contributed by atoms with Gasteiger partial charge in [-0.3, -0.25) is 9.78 Å². The lowest BCUT2D eigenvalue weighted by Crippen LogP contribution is -2.51. The van der Waals surface area contributed by atoms with Crippen molar-refractivity contribution >= 4 is 23.2 Å². The van der Waals surface area contributed by atoms with Gasteiger partial charge in [0.15, 0.2) is 0 Å². The van der Waals surface area contributed by atoms with Crippen molar-refractivity contribution in [2.24, 2.45) is 5.92 Å². The van der Waals surface area contributed by atoms with Crippen molar-refractivity contribution in [3.63, 3.8) is 0 Å². The van der Waals surface area contributed by atoms with Crippen molar-refractivity contribution in [1.82, 2.24) is 30.0 Å². The second-order valence-electron chi connectivity index (χ2n) is 7.19. The number of fused-ring (bicyclic) bond motifs is 1. The summed E-state index contributed by atoms with van der Waals surface area (Å²) < 4.78 is 0. The summed E-state index contributed by atoms with van der Waals surface area (Å²) in [6.07, 6.45) is 7.69. The Morgan fingerprint density at radius 1 is 1.18 bits per heavy atom. The minimum absolute atomic E-state index is 0.0386. The SMILES string of the molecule is O=C(C1CCc2sc(-c3ccncc3)nc2C1)N1CCN(c2ncn[nH]2)CC1. The number of rotatable bonds is 3. The number of nitrogens with zero attached hydrogens (tertiary/aromatic N) is 6. The van der Waals surface area contributed by atoms with E-state index in [4.69, 9.17) is 4.98 Å². The van der Waals surface area contributed by atoms with Crippen LogP contribution in [-0.2, 0) is 17.6 Å². The Balaban J connectivity index is 1.24. The van der Waals surface area contributed by atoms with Crippen molar-refractivity contribution in [2.75, 3.05) is 31.1 Å². The molecule has 1 N–H and O–H groups in total. The van der Waals surface area contributed by atoms with E-state index in [1.54, 1.807) is 23.7 Å². The average Bonchev–Trinajstić information content (AvgIpc) is 3.43. The highest BCUT2D eigenvalue weighted by Crippen LogP contribution is 2.35. The van der Waals surface area contributed by atoms with Crippen LogP contribution in [0, 0.1) is 5.92 Å². The average molecular weight is 395 g/mol. The number of amides is 1. The number of anilines is 1. The summed E-state index contributed by atoms with van der Waals surface area (Å²) in [5.41, 5.74) is 2.20. The van der Waals surface area contributed by atoms with E-state index >= 15 is 0 Å². The van der Waals surface area contributed by atoms with Crippen LogP contribution in [0.2, 0.25) is 0 Å². The van der Waals surface area contributed by atoms with E-state index in [-0.39, 0.29) is 11.8 Å². The number of thiazole rings is 1. The molecule has 0 aromatic carbocycles. The van der Waals surface area contributed by atoms with Crippen LogP contribution in [0.15, 0.2) is 30.9 Å². The Morgan fingerprint density at radius 3 is 2.75 bits per heavy atom. The molecule has 1 fully saturated rings. The van der Waals surface area contributed by atoms with E-state index in [0.717, 1.165) is 67.7 Å². The van der Waals surface area contributed by atoms with Crippen LogP contribution in [0.25, 0.3) is 10.6 Å². The molecule has 144 valence electrons. The van der Waals surface area contributed by atoms with Gasteiger partial charge in [-0.05, 0) is 25.0 Å². The zero-order valence-corrected chi connectivity index (χ0v) is 16.2. The Labute approximate surface area is 166 Å². The maximum atomic E-state index is 13.1. The molecule has 8 nitrogen and oxygen atoms in total. The quantitative estimate of drug-likeness (QED) is 0.727. The normalized spacial score (nSPS) is 19.5. The second kappa shape index (κ2) is 7.31. The molecule has 1 aliphatic heterocycles. The van der Waals surface area contributed by atoms with Gasteiger partial charge < -0.3 is 9.80 Å². The highest BCUT2D eigenvalue weighted by atomic mass is 32.1. The molecule has 5 rings (SSSR count). The van der Waals surface area contributed by atoms with Gasteiger partial charge in [-0.25, -0.2) is 10.1 Å². The summed E-state index contributed by atoms with van der Waals surface area (Å²) in [6.45, 7) is 3.01. The standard InChI is InChI=1S/C19H21N7OS/c27-18(25-7-9-26(10-8-25)19-21-12-22-24-19)14-1-2-16-15(11-14)23-17(28-16)13-3-5-20-6-4-13/h3-6,12,14H,1-2,7-11H2,(H,21,22,24). The van der Waals surface area contributed by atoms with E-state index in [2.05, 4.69) is 25.1 Å². The fraction of sp³-hybridized carbons (Fsp3) is 0.421. The monoisotopic (exact) mass is 395 g/mol. The van der Waals surface area contributed by atoms with Gasteiger partial charge in [-0.1, -0.05) is 0 Å². The number of hydrogen-bond acceptors (Lipinski definition) is 7. The van der Waals surface area contributed by atoms with Crippen LogP contribution < -0.4 is 4.90 Å². The lowest BCUT2D eigenvalue weighted by atomic mass is 9.89. The van der Waals surface area contributed by atoms with Gasteiger partial charge >= 0.3 is 0 Å². The van der Waals surface area contributed by atoms with Gasteiger partial charge in [-0.2, -0.15) is 10.1 Å². The number of H-pyrrole nitrogens is 1. The van der Waals surface area contributed by atoms with Crippen LogP contribution in [-0.4, -0.2) is 62.1 Å². The molecule has 1 atom stereocenters. The Kier molecular flexibility index (Phi) is 4.52. The molecule has 1 saturated heterocycles. The molecule has 1 amide bonds. The Hall–Kier alpha value is -2.81. The molecule has 3 aromatic heterocycles. The minimum Gasteiger partial charge on any atom is -0.339 e. The van der Waals surface area contributed by atoms with Crippen molar-refractivity contribution < 1.29 is 4.79 Å². The molecular weight excluding hydrogens is 374 g/mol. The molecule has 0 spiro atoms. The smallest absolute Gasteiger partial charge is 0.226 e. The predicted molar refractivity (Wildman–Crippen MR) is 106 cm³/mol. The van der Waals surface area contributed by atoms with Crippen molar-refractivity contribution in [1.29, 1.82) is 0 Å². The van der Waals surface area contributed by atoms with Crippen molar-refractivity contribution in [2.45, 2.75) is 19.3 Å². The topological polar surface area (TPSA) is 90.9 Å². The number of pyridine rings is 1. The molecule has 1 unspecified atom stereocenters. The largest absolute Gasteiger partial charge is 0.339 e. The zero-order chi connectivity index (χ0) is 18.9. The first-order valence-electron chi connectivity index (χ1n) is 9.56. The van der Waals surface area contributed by atoms with Gasteiger partial charge in [0.05, 0.1) is 5.69 Å². The van der Waals surface area contributed by atoms with Crippen LogP contribution in [0.4, 0.5) is 5.95 Å². The first-order valence-corrected chi connectivity index (χ1v) is 10.4. The lowest BCUT2D eigenvalue weighted by Gasteiger charge is -2.36. The molecule has 9 heteroatoms. The van der Waals surface area contributed by atoms with E-state index in [9.17, 15) is 4.79 Å². The molecule has 2 aliphatic rings. The Bertz CT molecular complexity index is 948. The molecule has 0 bridgehead atoms. The number of carbonyl (C=O) groups excluding carboxylic acids is 1. The lowest BCUT2D eigenvalue weighted by molar-refractivity contribution is -0.136. The third-order valence-corrected chi connectivity index (χ3v) is 6.71. The van der Waals surface area contributed by atoms with Crippen LogP contribution in [0.3, 0.4) is 0 Å². The van der Waals surface area contributed by atoms with Crippen LogP contribution in [0.1, 0.15) is 17.0 Å². The summed E-state index contributed by atoms with van der Waals surface area (Å²) in [7, 11) is 0. The predicted octanol–water partition coefficient (Wildman–Crippen LogP) is 1.78. The maximum Gasteiger partial charge on any atom is 0.226 e. The number of hydrogen-bond donors (Lipinski definition) is 1. The number of aromatic amines is 1. The van der Waals surface area contributed by atoms with Crippen LogP contribution in [0.5, 0.6) is 0 Å². The third-order valence-electron chi connectivity index (χ3n) is 5.51. The summed E-state index contributed by atoms with van der Waals surface area (Å²) >= 11 is 1.75. The van der Waals surface area contributed by atoms with Crippen LogP contribution >= 0.6 is 11.3 Å². The van der Waals surface area contributed by atoms with E-state index < -0.39 is 0 Å². The number of carbonyl (C=O) groups is 1. The first-order chi connectivity index (χ1) is 13.8. The number of piperazine rings is 1. The summed E-state index contributed by atoms with van der Waals surface area (Å²) in [6, 6.07) is 3.97. The molecule has 0 saturated carbocycles. The van der Waals surface area contributed by atoms with Gasteiger partial charge in [0.25, 0.3) is 0 Å². The van der Waals surface area contributed by atoms with E-state index in [0.29, 0.717) is 0 Å². The molecule has 3 aromatic rings.